The van der Waals surface area contributed by atoms with Gasteiger partial charge in [0.05, 0.1) is 33.2 Å². The van der Waals surface area contributed by atoms with Crippen molar-refractivity contribution < 1.29 is 107 Å². The number of azo groups is 3. The minimum Gasteiger partial charge on any atom is -0.872 e. The fourth-order valence-electron chi connectivity index (χ4n) is 4.08. The van der Waals surface area contributed by atoms with Gasteiger partial charge in [-0.25, -0.2) is 4.79 Å². The summed E-state index contributed by atoms with van der Waals surface area (Å²) in [5.74, 6) is -4.37. The van der Waals surface area contributed by atoms with Crippen LogP contribution in [-0.2, 0) is 10.1 Å². The summed E-state index contributed by atoms with van der Waals surface area (Å²) in [7, 11) is -4.45. The van der Waals surface area contributed by atoms with E-state index in [4.69, 9.17) is 5.11 Å². The average Bonchev–Trinajstić information content (AvgIpc) is 3.08. The Hall–Kier alpha value is -5.05. The van der Waals surface area contributed by atoms with Crippen LogP contribution in [0.2, 0.25) is 0 Å². The van der Waals surface area contributed by atoms with Crippen LogP contribution in [0.3, 0.4) is 0 Å². The molecule has 0 aliphatic rings. The third kappa shape index (κ3) is 10.5. The third-order valence-corrected chi connectivity index (χ3v) is 7.43. The second kappa shape index (κ2) is 17.9. The average molecular weight is 742 g/mol. The van der Waals surface area contributed by atoms with Crippen molar-refractivity contribution in [2.75, 3.05) is 5.32 Å². The molecule has 0 aliphatic heterocycles. The predicted octanol–water partition coefficient (Wildman–Crippen LogP) is 0.696. The number of carbonyl (C=O) groups excluding carboxylic acids is 1. The van der Waals surface area contributed by atoms with Crippen LogP contribution >= 0.6 is 0 Å². The van der Waals surface area contributed by atoms with Crippen LogP contribution in [0.15, 0.2) is 133 Å². The number of carboxylic acid groups (broad SMARTS) is 1. The van der Waals surface area contributed by atoms with Crippen molar-refractivity contribution in [1.82, 2.24) is 0 Å². The first-order valence-corrected chi connectivity index (χ1v) is 15.4. The van der Waals surface area contributed by atoms with Crippen LogP contribution in [-0.4, -0.2) is 40.2 Å². The summed E-state index contributed by atoms with van der Waals surface area (Å²) in [6.07, 6.45) is 0. The van der Waals surface area contributed by atoms with Crippen LogP contribution in [0.1, 0.15) is 20.7 Å². The minimum atomic E-state index is -4.45. The van der Waals surface area contributed by atoms with Gasteiger partial charge in [0.25, 0.3) is 16.0 Å². The molecule has 0 aromatic heterocycles. The van der Waals surface area contributed by atoms with E-state index in [9.17, 15) is 43.0 Å². The second-order valence-corrected chi connectivity index (χ2v) is 11.5. The number of nitrogens with one attached hydrogen (secondary N) is 1. The Balaban J connectivity index is 0.00000364. The van der Waals surface area contributed by atoms with E-state index in [0.29, 0.717) is 0 Å². The van der Waals surface area contributed by atoms with E-state index in [2.05, 4.69) is 36.0 Å². The summed E-state index contributed by atoms with van der Waals surface area (Å²) >= 11 is 0. The van der Waals surface area contributed by atoms with Gasteiger partial charge in [-0.3, -0.25) is 9.35 Å². The molecule has 17 nitrogen and oxygen atoms in total. The van der Waals surface area contributed by atoms with Crippen molar-refractivity contribution in [3.05, 3.63) is 108 Å². The zero-order valence-corrected chi connectivity index (χ0v) is 31.9. The van der Waals surface area contributed by atoms with Crippen LogP contribution in [0.25, 0.3) is 0 Å². The van der Waals surface area contributed by atoms with Gasteiger partial charge >= 0.3 is 65.1 Å². The molecule has 0 heterocycles. The first-order chi connectivity index (χ1) is 23.8. The van der Waals surface area contributed by atoms with E-state index < -0.39 is 50.6 Å². The minimum absolute atomic E-state index is 0. The zero-order chi connectivity index (χ0) is 36.0. The molecule has 20 heteroatoms. The Bertz CT molecular complexity index is 2340. The number of hydrogen-bond donors (Lipinski definition) is 5. The molecule has 1 amide bonds. The molecule has 0 atom stereocenters. The van der Waals surface area contributed by atoms with Gasteiger partial charge in [0, 0.05) is 11.3 Å². The van der Waals surface area contributed by atoms with Gasteiger partial charge in [0.2, 0.25) is 0 Å². The van der Waals surface area contributed by atoms with Gasteiger partial charge in [0.1, 0.15) is 11.4 Å². The van der Waals surface area contributed by atoms with Crippen LogP contribution in [0, 0.1) is 0 Å². The van der Waals surface area contributed by atoms with E-state index in [1.54, 1.807) is 0 Å². The third-order valence-electron chi connectivity index (χ3n) is 6.58. The molecular weight excluding hydrogens is 720 g/mol. The maximum Gasteiger partial charge on any atom is 1.00 e. The Kier molecular flexibility index (Phi) is 14.3. The number of nitrogens with zero attached hydrogens (tertiary/aromatic N) is 6. The summed E-state index contributed by atoms with van der Waals surface area (Å²) in [5, 5.41) is 80.0. The van der Waals surface area contributed by atoms with Crippen molar-refractivity contribution in [2.24, 2.45) is 30.7 Å². The zero-order valence-electron chi connectivity index (χ0n) is 27.1. The summed E-state index contributed by atoms with van der Waals surface area (Å²) in [5.41, 5.74) is -0.530. The number of aromatic carboxylic acids is 1. The molecule has 5 rings (SSSR count). The van der Waals surface area contributed by atoms with E-state index in [1.165, 1.54) is 66.7 Å². The SMILES string of the molecule is O=C(Nc1ccc([O-])c(C(=O)O)c1)c1ccc(N=Nc2c(O)ccc(N=Nc3cc(N=Nc4cccc(S(=O)(=O)O)c4)ccc3[O-])c2O)cc1.[Na+].[Na+]. The fraction of sp³-hybridized carbons (Fsp3) is 0. The molecule has 0 bridgehead atoms. The number of carboxylic acids is 1. The van der Waals surface area contributed by atoms with Crippen molar-refractivity contribution in [3.63, 3.8) is 0 Å². The van der Waals surface area contributed by atoms with Gasteiger partial charge in [-0.05, 0) is 78.9 Å². The Morgan fingerprint density at radius 3 is 1.94 bits per heavy atom. The standard InChI is InChI=1S/C32H23N7O10S.2Na/c40-26-11-8-19(15-23(26)32(45)46)33-31(44)17-4-6-18(7-5-17)34-39-29-28(42)13-10-24(30(29)43)37-38-25-16-21(9-12-27(25)41)36-35-20-2-1-3-22(14-20)50(47,48)49;;/h1-16,40-43H,(H,33,44)(H,45,46)(H,47,48,49);;/q;2*+1/p-2. The molecular formula is C32H21N7Na2O10S. The molecule has 0 radical (unpaired) electrons. The van der Waals surface area contributed by atoms with Crippen molar-refractivity contribution in [1.29, 1.82) is 0 Å². The monoisotopic (exact) mass is 741 g/mol. The Labute approximate surface area is 338 Å². The van der Waals surface area contributed by atoms with Crippen molar-refractivity contribution >= 4 is 61.8 Å². The van der Waals surface area contributed by atoms with E-state index in [0.717, 1.165) is 30.3 Å². The van der Waals surface area contributed by atoms with E-state index >= 15 is 0 Å². The molecule has 5 N–H and O–H groups in total. The van der Waals surface area contributed by atoms with Crippen molar-refractivity contribution in [2.45, 2.75) is 4.90 Å². The summed E-state index contributed by atoms with van der Waals surface area (Å²) in [4.78, 5) is 23.4. The van der Waals surface area contributed by atoms with Gasteiger partial charge in [-0.15, -0.1) is 10.2 Å². The molecule has 0 spiro atoms. The number of hydrogen-bond acceptors (Lipinski definition) is 14. The maximum absolute atomic E-state index is 12.6. The Morgan fingerprint density at radius 1 is 0.654 bits per heavy atom. The summed E-state index contributed by atoms with van der Waals surface area (Å²) in [6, 6.07) is 20.1. The summed E-state index contributed by atoms with van der Waals surface area (Å²) < 4.78 is 31.9. The number of phenolic OH excluding ortho intramolecular Hbond substituents is 2. The quantitative estimate of drug-likeness (QED) is 0.0759. The van der Waals surface area contributed by atoms with E-state index in [-0.39, 0.29) is 109 Å². The number of benzene rings is 5. The molecule has 0 unspecified atom stereocenters. The van der Waals surface area contributed by atoms with Crippen molar-refractivity contribution in [3.8, 4) is 23.0 Å². The molecule has 5 aromatic carbocycles. The topological polar surface area (TPSA) is 282 Å². The largest absolute Gasteiger partial charge is 1.00 e. The Morgan fingerprint density at radius 2 is 1.27 bits per heavy atom. The van der Waals surface area contributed by atoms with Gasteiger partial charge < -0.3 is 30.8 Å². The molecule has 0 saturated heterocycles. The normalized spacial score (nSPS) is 11.3. The number of rotatable bonds is 10. The second-order valence-electron chi connectivity index (χ2n) is 10.0. The molecule has 0 fully saturated rings. The van der Waals surface area contributed by atoms with Gasteiger partial charge in [-0.1, -0.05) is 29.7 Å². The van der Waals surface area contributed by atoms with Crippen LogP contribution in [0.4, 0.5) is 39.8 Å². The number of anilines is 1. The number of amides is 1. The number of aromatic hydroxyl groups is 2. The van der Waals surface area contributed by atoms with Crippen LogP contribution in [0.5, 0.6) is 23.0 Å². The number of phenols is 2. The molecule has 0 aliphatic carbocycles. The molecule has 52 heavy (non-hydrogen) atoms. The molecule has 5 aromatic rings. The molecule has 0 saturated carbocycles. The smallest absolute Gasteiger partial charge is 0.872 e. The first kappa shape index (κ1) is 41.4. The number of carbonyl (C=O) groups is 2. The molecule has 252 valence electrons. The maximum atomic E-state index is 12.6. The van der Waals surface area contributed by atoms with E-state index in [1.807, 2.05) is 0 Å². The predicted molar refractivity (Wildman–Crippen MR) is 172 cm³/mol. The summed E-state index contributed by atoms with van der Waals surface area (Å²) in [6.45, 7) is 0. The van der Waals surface area contributed by atoms with Crippen LogP contribution < -0.4 is 74.6 Å². The first-order valence-electron chi connectivity index (χ1n) is 13.9. The van der Waals surface area contributed by atoms with Gasteiger partial charge in [-0.2, -0.15) is 28.9 Å². The fourth-order valence-corrected chi connectivity index (χ4v) is 4.60. The van der Waals surface area contributed by atoms with Gasteiger partial charge in [0.15, 0.2) is 11.4 Å².